The second-order valence-corrected chi connectivity index (χ2v) is 7.89. The van der Waals surface area contributed by atoms with Crippen molar-refractivity contribution < 1.29 is 4.79 Å². The molecule has 3 nitrogen and oxygen atoms in total. The summed E-state index contributed by atoms with van der Waals surface area (Å²) in [7, 11) is 0. The number of amides is 1. The number of rotatable bonds is 4. The topological polar surface area (TPSA) is 46.3 Å². The summed E-state index contributed by atoms with van der Waals surface area (Å²) < 4.78 is 0. The zero-order chi connectivity index (χ0) is 17.9. The highest BCUT2D eigenvalue weighted by molar-refractivity contribution is 5.85. The maximum atomic E-state index is 12.9. The van der Waals surface area contributed by atoms with Crippen LogP contribution < -0.4 is 5.73 Å². The average Bonchev–Trinajstić information content (AvgIpc) is 3.13. The van der Waals surface area contributed by atoms with Gasteiger partial charge in [-0.2, -0.15) is 0 Å². The number of nitrogens with two attached hydrogens (primary N) is 1. The van der Waals surface area contributed by atoms with Crippen LogP contribution in [0.25, 0.3) is 0 Å². The lowest BCUT2D eigenvalue weighted by molar-refractivity contribution is -0.131. The Labute approximate surface area is 168 Å². The second kappa shape index (κ2) is 8.90. The molecular weight excluding hydrogens is 356 g/mol. The third-order valence-corrected chi connectivity index (χ3v) is 6.24. The van der Waals surface area contributed by atoms with Crippen LogP contribution in [0.15, 0.2) is 54.6 Å². The SMILES string of the molecule is Cl.NC[C@@H]1CN(C(=O)CC2CCc3ccccc3C2)C[C@H]1c1ccccc1. The Morgan fingerprint density at radius 2 is 1.70 bits per heavy atom. The molecule has 2 aromatic carbocycles. The van der Waals surface area contributed by atoms with Gasteiger partial charge in [0.25, 0.3) is 0 Å². The standard InChI is InChI=1S/C23H28N2O.ClH/c24-14-21-15-25(16-22(21)19-7-2-1-3-8-19)23(26)13-17-10-11-18-6-4-5-9-20(18)12-17;/h1-9,17,21-22H,10-16,24H2;1H/t17?,21-,22+;/m1./s1. The van der Waals surface area contributed by atoms with Crippen molar-refractivity contribution >= 4 is 18.3 Å². The molecule has 27 heavy (non-hydrogen) atoms. The molecule has 2 aliphatic rings. The number of carbonyl (C=O) groups is 1. The van der Waals surface area contributed by atoms with E-state index in [4.69, 9.17) is 5.73 Å². The van der Waals surface area contributed by atoms with Crippen LogP contribution >= 0.6 is 12.4 Å². The van der Waals surface area contributed by atoms with Gasteiger partial charge in [-0.25, -0.2) is 0 Å². The van der Waals surface area contributed by atoms with Gasteiger partial charge in [-0.15, -0.1) is 12.4 Å². The number of hydrogen-bond acceptors (Lipinski definition) is 2. The fourth-order valence-electron chi connectivity index (χ4n) is 4.72. The summed E-state index contributed by atoms with van der Waals surface area (Å²) in [6.07, 6.45) is 3.94. The van der Waals surface area contributed by atoms with E-state index in [9.17, 15) is 4.79 Å². The molecule has 0 bridgehead atoms. The molecule has 4 heteroatoms. The van der Waals surface area contributed by atoms with Crippen molar-refractivity contribution in [1.82, 2.24) is 4.90 Å². The Morgan fingerprint density at radius 3 is 2.44 bits per heavy atom. The molecule has 1 aliphatic heterocycles. The Kier molecular flexibility index (Phi) is 6.56. The van der Waals surface area contributed by atoms with Crippen molar-refractivity contribution in [2.75, 3.05) is 19.6 Å². The smallest absolute Gasteiger partial charge is 0.222 e. The third-order valence-electron chi connectivity index (χ3n) is 6.24. The first-order valence-corrected chi connectivity index (χ1v) is 9.84. The Morgan fingerprint density at radius 1 is 1.00 bits per heavy atom. The quantitative estimate of drug-likeness (QED) is 0.871. The van der Waals surface area contributed by atoms with Crippen LogP contribution in [-0.2, 0) is 17.6 Å². The summed E-state index contributed by atoms with van der Waals surface area (Å²) in [5, 5.41) is 0. The monoisotopic (exact) mass is 384 g/mol. The van der Waals surface area contributed by atoms with Gasteiger partial charge in [-0.1, -0.05) is 54.6 Å². The first kappa shape index (κ1) is 19.9. The molecule has 0 saturated carbocycles. The van der Waals surface area contributed by atoms with Crippen LogP contribution in [0.1, 0.15) is 35.4 Å². The van der Waals surface area contributed by atoms with E-state index in [1.54, 1.807) is 0 Å². The maximum Gasteiger partial charge on any atom is 0.222 e. The normalized spacial score (nSPS) is 24.2. The van der Waals surface area contributed by atoms with Crippen molar-refractivity contribution in [3.05, 3.63) is 71.3 Å². The van der Waals surface area contributed by atoms with E-state index >= 15 is 0 Å². The molecule has 0 spiro atoms. The van der Waals surface area contributed by atoms with E-state index in [0.29, 0.717) is 36.6 Å². The van der Waals surface area contributed by atoms with Gasteiger partial charge in [0, 0.05) is 25.4 Å². The second-order valence-electron chi connectivity index (χ2n) is 7.89. The lowest BCUT2D eigenvalue weighted by Gasteiger charge is -2.26. The van der Waals surface area contributed by atoms with Gasteiger partial charge < -0.3 is 10.6 Å². The van der Waals surface area contributed by atoms with E-state index in [1.807, 2.05) is 6.07 Å². The van der Waals surface area contributed by atoms with Gasteiger partial charge in [0.05, 0.1) is 0 Å². The minimum absolute atomic E-state index is 0. The lowest BCUT2D eigenvalue weighted by atomic mass is 9.82. The summed E-state index contributed by atoms with van der Waals surface area (Å²) in [6, 6.07) is 19.2. The van der Waals surface area contributed by atoms with Crippen LogP contribution in [0.5, 0.6) is 0 Å². The molecule has 1 heterocycles. The van der Waals surface area contributed by atoms with Crippen molar-refractivity contribution in [3.63, 3.8) is 0 Å². The van der Waals surface area contributed by atoms with E-state index in [-0.39, 0.29) is 12.4 Å². The number of carbonyl (C=O) groups excluding carboxylic acids is 1. The minimum Gasteiger partial charge on any atom is -0.342 e. The zero-order valence-corrected chi connectivity index (χ0v) is 16.5. The summed E-state index contributed by atoms with van der Waals surface area (Å²) >= 11 is 0. The van der Waals surface area contributed by atoms with Crippen molar-refractivity contribution in [1.29, 1.82) is 0 Å². The molecule has 4 rings (SSSR count). The van der Waals surface area contributed by atoms with E-state index in [1.165, 1.54) is 16.7 Å². The Balaban J connectivity index is 0.00000210. The van der Waals surface area contributed by atoms with Gasteiger partial charge in [0.1, 0.15) is 0 Å². The van der Waals surface area contributed by atoms with Crippen LogP contribution in [0, 0.1) is 11.8 Å². The highest BCUT2D eigenvalue weighted by Crippen LogP contribution is 2.34. The highest BCUT2D eigenvalue weighted by atomic mass is 35.5. The lowest BCUT2D eigenvalue weighted by Crippen LogP contribution is -2.32. The molecule has 0 aromatic heterocycles. The van der Waals surface area contributed by atoms with Crippen LogP contribution in [0.4, 0.5) is 0 Å². The van der Waals surface area contributed by atoms with Crippen LogP contribution in [0.2, 0.25) is 0 Å². The zero-order valence-electron chi connectivity index (χ0n) is 15.7. The number of halogens is 1. The molecule has 0 radical (unpaired) electrons. The number of likely N-dealkylation sites (tertiary alicyclic amines) is 1. The first-order valence-electron chi connectivity index (χ1n) is 9.84. The molecule has 1 amide bonds. The molecule has 1 fully saturated rings. The van der Waals surface area contributed by atoms with E-state index in [0.717, 1.165) is 32.4 Å². The molecule has 1 saturated heterocycles. The van der Waals surface area contributed by atoms with E-state index < -0.39 is 0 Å². The van der Waals surface area contributed by atoms with Gasteiger partial charge in [-0.05, 0) is 54.3 Å². The summed E-state index contributed by atoms with van der Waals surface area (Å²) in [5.74, 6) is 1.53. The van der Waals surface area contributed by atoms with E-state index in [2.05, 4.69) is 53.4 Å². The predicted molar refractivity (Wildman–Crippen MR) is 112 cm³/mol. The third kappa shape index (κ3) is 4.36. The van der Waals surface area contributed by atoms with Crippen molar-refractivity contribution in [3.8, 4) is 0 Å². The fraction of sp³-hybridized carbons (Fsp3) is 0.435. The van der Waals surface area contributed by atoms with Gasteiger partial charge in [0.2, 0.25) is 5.91 Å². The number of nitrogens with zero attached hydrogens (tertiary/aromatic N) is 1. The molecule has 1 unspecified atom stereocenters. The molecule has 1 aliphatic carbocycles. The summed E-state index contributed by atoms with van der Waals surface area (Å²) in [5.41, 5.74) is 10.2. The number of aryl methyl sites for hydroxylation is 1. The average molecular weight is 385 g/mol. The molecular formula is C23H29ClN2O. The van der Waals surface area contributed by atoms with Crippen molar-refractivity contribution in [2.24, 2.45) is 17.6 Å². The number of hydrogen-bond donors (Lipinski definition) is 1. The Hall–Kier alpha value is -1.84. The maximum absolute atomic E-state index is 12.9. The summed E-state index contributed by atoms with van der Waals surface area (Å²) in [4.78, 5) is 15.0. The van der Waals surface area contributed by atoms with Crippen molar-refractivity contribution in [2.45, 2.75) is 31.6 Å². The van der Waals surface area contributed by atoms with Crippen LogP contribution in [-0.4, -0.2) is 30.4 Å². The number of benzene rings is 2. The summed E-state index contributed by atoms with van der Waals surface area (Å²) in [6.45, 7) is 2.26. The number of fused-ring (bicyclic) bond motifs is 1. The van der Waals surface area contributed by atoms with Gasteiger partial charge in [-0.3, -0.25) is 4.79 Å². The highest BCUT2D eigenvalue weighted by Gasteiger charge is 2.36. The first-order chi connectivity index (χ1) is 12.7. The van der Waals surface area contributed by atoms with Gasteiger partial charge >= 0.3 is 0 Å². The van der Waals surface area contributed by atoms with Crippen LogP contribution in [0.3, 0.4) is 0 Å². The molecule has 144 valence electrons. The Bertz CT molecular complexity index is 764. The molecule has 2 N–H and O–H groups in total. The minimum atomic E-state index is 0. The largest absolute Gasteiger partial charge is 0.342 e. The predicted octanol–water partition coefficient (Wildman–Crippen LogP) is 3.80. The van der Waals surface area contributed by atoms with Gasteiger partial charge in [0.15, 0.2) is 0 Å². The molecule has 3 atom stereocenters. The fourth-order valence-corrected chi connectivity index (χ4v) is 4.72. The molecule has 2 aromatic rings.